The van der Waals surface area contributed by atoms with Crippen LogP contribution < -0.4 is 14.2 Å². The van der Waals surface area contributed by atoms with Gasteiger partial charge in [0.05, 0.1) is 23.8 Å². The second-order valence-electron chi connectivity index (χ2n) is 4.85. The van der Waals surface area contributed by atoms with Gasteiger partial charge in [-0.25, -0.2) is 8.42 Å². The van der Waals surface area contributed by atoms with Gasteiger partial charge >= 0.3 is 0 Å². The van der Waals surface area contributed by atoms with Crippen molar-refractivity contribution in [3.63, 3.8) is 0 Å². The third-order valence-corrected chi connectivity index (χ3v) is 4.42. The maximum absolute atomic E-state index is 12.5. The van der Waals surface area contributed by atoms with Crippen LogP contribution in [0.25, 0.3) is 0 Å². The van der Waals surface area contributed by atoms with E-state index in [1.54, 1.807) is 36.4 Å². The van der Waals surface area contributed by atoms with Crippen LogP contribution in [-0.2, 0) is 10.0 Å². The highest BCUT2D eigenvalue weighted by molar-refractivity contribution is 7.92. The van der Waals surface area contributed by atoms with Gasteiger partial charge in [0, 0.05) is 0 Å². The van der Waals surface area contributed by atoms with Gasteiger partial charge in [0.1, 0.15) is 11.5 Å². The Morgan fingerprint density at radius 1 is 0.957 bits per heavy atom. The van der Waals surface area contributed by atoms with Gasteiger partial charge in [0.25, 0.3) is 10.0 Å². The van der Waals surface area contributed by atoms with Crippen molar-refractivity contribution in [2.75, 3.05) is 17.9 Å². The number of nitrogens with one attached hydrogen (secondary N) is 1. The first-order chi connectivity index (χ1) is 11.1. The molecule has 0 aliphatic heterocycles. The molecule has 0 spiro atoms. The molecule has 0 saturated carbocycles. The van der Waals surface area contributed by atoms with Crippen LogP contribution >= 0.6 is 0 Å². The third kappa shape index (κ3) is 4.63. The van der Waals surface area contributed by atoms with Gasteiger partial charge < -0.3 is 9.47 Å². The second kappa shape index (κ2) is 7.87. The average Bonchev–Trinajstić information content (AvgIpc) is 2.55. The molecule has 0 fully saturated rings. The van der Waals surface area contributed by atoms with Crippen LogP contribution in [0, 0.1) is 0 Å². The molecule has 0 heterocycles. The van der Waals surface area contributed by atoms with Crippen LogP contribution in [0.5, 0.6) is 11.5 Å². The van der Waals surface area contributed by atoms with E-state index < -0.39 is 10.0 Å². The fourth-order valence-corrected chi connectivity index (χ4v) is 3.04. The molecule has 2 aromatic carbocycles. The molecule has 2 aromatic rings. The molecule has 0 aromatic heterocycles. The van der Waals surface area contributed by atoms with Crippen molar-refractivity contribution in [1.29, 1.82) is 0 Å². The lowest BCUT2D eigenvalue weighted by molar-refractivity contribution is 0.317. The summed E-state index contributed by atoms with van der Waals surface area (Å²) in [5, 5.41) is 0. The summed E-state index contributed by atoms with van der Waals surface area (Å²) in [6, 6.07) is 13.3. The van der Waals surface area contributed by atoms with Gasteiger partial charge in [0.15, 0.2) is 0 Å². The van der Waals surface area contributed by atoms with Gasteiger partial charge in [-0.1, -0.05) is 19.1 Å². The van der Waals surface area contributed by atoms with Crippen LogP contribution in [0.4, 0.5) is 5.69 Å². The Labute approximate surface area is 137 Å². The lowest BCUT2D eigenvalue weighted by Gasteiger charge is -2.13. The number of hydrogen-bond acceptors (Lipinski definition) is 4. The number of anilines is 1. The van der Waals surface area contributed by atoms with Crippen LogP contribution in [0.1, 0.15) is 20.3 Å². The summed E-state index contributed by atoms with van der Waals surface area (Å²) in [4.78, 5) is 0.174. The van der Waals surface area contributed by atoms with Gasteiger partial charge in [-0.05, 0) is 49.7 Å². The van der Waals surface area contributed by atoms with Crippen molar-refractivity contribution in [3.05, 3.63) is 48.5 Å². The minimum atomic E-state index is -3.68. The van der Waals surface area contributed by atoms with E-state index in [9.17, 15) is 8.42 Å². The van der Waals surface area contributed by atoms with E-state index in [2.05, 4.69) is 4.72 Å². The zero-order valence-corrected chi connectivity index (χ0v) is 14.1. The van der Waals surface area contributed by atoms with E-state index in [1.807, 2.05) is 13.8 Å². The molecule has 0 aliphatic rings. The first-order valence-corrected chi connectivity index (χ1v) is 9.02. The zero-order valence-electron chi connectivity index (χ0n) is 13.3. The van der Waals surface area contributed by atoms with Gasteiger partial charge in [-0.15, -0.1) is 0 Å². The predicted molar refractivity (Wildman–Crippen MR) is 90.6 cm³/mol. The van der Waals surface area contributed by atoms with Crippen LogP contribution in [0.3, 0.4) is 0 Å². The molecule has 0 amide bonds. The standard InChI is InChI=1S/C17H21NO4S/c1-3-13-22-14-9-11-15(12-10-14)23(19,20)18-16-7-5-6-8-17(16)21-4-2/h5-12,18H,3-4,13H2,1-2H3. The van der Waals surface area contributed by atoms with Gasteiger partial charge in [-0.2, -0.15) is 0 Å². The van der Waals surface area contributed by atoms with E-state index in [0.29, 0.717) is 30.4 Å². The molecular weight excluding hydrogens is 314 g/mol. The van der Waals surface area contributed by atoms with Crippen LogP contribution in [-0.4, -0.2) is 21.6 Å². The number of hydrogen-bond donors (Lipinski definition) is 1. The summed E-state index contributed by atoms with van der Waals surface area (Å²) in [5.41, 5.74) is 0.417. The molecule has 0 bridgehead atoms. The number of sulfonamides is 1. The zero-order chi connectivity index (χ0) is 16.7. The molecule has 124 valence electrons. The molecule has 0 radical (unpaired) electrons. The molecule has 0 atom stereocenters. The van der Waals surface area contributed by atoms with Crippen LogP contribution in [0.15, 0.2) is 53.4 Å². The highest BCUT2D eigenvalue weighted by Gasteiger charge is 2.16. The molecule has 0 aliphatic carbocycles. The Balaban J connectivity index is 2.19. The highest BCUT2D eigenvalue weighted by Crippen LogP contribution is 2.27. The van der Waals surface area contributed by atoms with E-state index in [1.165, 1.54) is 12.1 Å². The minimum absolute atomic E-state index is 0.174. The SMILES string of the molecule is CCCOc1ccc(S(=O)(=O)Nc2ccccc2OCC)cc1. The first-order valence-electron chi connectivity index (χ1n) is 7.54. The van der Waals surface area contributed by atoms with E-state index >= 15 is 0 Å². The number of ether oxygens (including phenoxy) is 2. The van der Waals surface area contributed by atoms with Crippen LogP contribution in [0.2, 0.25) is 0 Å². The maximum Gasteiger partial charge on any atom is 0.262 e. The van der Waals surface area contributed by atoms with Crippen molar-refractivity contribution < 1.29 is 17.9 Å². The summed E-state index contributed by atoms with van der Waals surface area (Å²) in [5.74, 6) is 1.15. The Bertz CT molecular complexity index is 727. The van der Waals surface area contributed by atoms with Crippen molar-refractivity contribution in [2.45, 2.75) is 25.2 Å². The average molecular weight is 335 g/mol. The Hall–Kier alpha value is -2.21. The molecule has 0 saturated heterocycles. The maximum atomic E-state index is 12.5. The molecular formula is C17H21NO4S. The van der Waals surface area contributed by atoms with Gasteiger partial charge in [-0.3, -0.25) is 4.72 Å². The fraction of sp³-hybridized carbons (Fsp3) is 0.294. The number of rotatable bonds is 8. The summed E-state index contributed by atoms with van der Waals surface area (Å²) in [6.45, 7) is 4.92. The van der Waals surface area contributed by atoms with E-state index in [-0.39, 0.29) is 4.90 Å². The van der Waals surface area contributed by atoms with Crippen molar-refractivity contribution in [3.8, 4) is 11.5 Å². The topological polar surface area (TPSA) is 64.6 Å². The first kappa shape index (κ1) is 17.1. The van der Waals surface area contributed by atoms with E-state index in [0.717, 1.165) is 6.42 Å². The molecule has 6 heteroatoms. The smallest absolute Gasteiger partial charge is 0.262 e. The molecule has 2 rings (SSSR count). The fourth-order valence-electron chi connectivity index (χ4n) is 1.97. The third-order valence-electron chi connectivity index (χ3n) is 3.04. The normalized spacial score (nSPS) is 11.0. The molecule has 23 heavy (non-hydrogen) atoms. The quantitative estimate of drug-likeness (QED) is 0.799. The monoisotopic (exact) mass is 335 g/mol. The van der Waals surface area contributed by atoms with Gasteiger partial charge in [0.2, 0.25) is 0 Å². The summed E-state index contributed by atoms with van der Waals surface area (Å²) < 4.78 is 38.4. The van der Waals surface area contributed by atoms with Crippen molar-refractivity contribution >= 4 is 15.7 Å². The summed E-state index contributed by atoms with van der Waals surface area (Å²) >= 11 is 0. The Kier molecular flexibility index (Phi) is 5.87. The minimum Gasteiger partial charge on any atom is -0.494 e. The highest BCUT2D eigenvalue weighted by atomic mass is 32.2. The van der Waals surface area contributed by atoms with Crippen molar-refractivity contribution in [2.24, 2.45) is 0 Å². The second-order valence-corrected chi connectivity index (χ2v) is 6.54. The largest absolute Gasteiger partial charge is 0.494 e. The molecule has 0 unspecified atom stereocenters. The predicted octanol–water partition coefficient (Wildman–Crippen LogP) is 3.67. The number of benzene rings is 2. The molecule has 1 N–H and O–H groups in total. The lowest BCUT2D eigenvalue weighted by Crippen LogP contribution is -2.13. The Morgan fingerprint density at radius 2 is 1.65 bits per heavy atom. The summed E-state index contributed by atoms with van der Waals surface area (Å²) in [7, 11) is -3.68. The lowest BCUT2D eigenvalue weighted by atomic mass is 10.3. The summed E-state index contributed by atoms with van der Waals surface area (Å²) in [6.07, 6.45) is 0.899. The Morgan fingerprint density at radius 3 is 2.30 bits per heavy atom. The van der Waals surface area contributed by atoms with E-state index in [4.69, 9.17) is 9.47 Å². The molecule has 5 nitrogen and oxygen atoms in total. The van der Waals surface area contributed by atoms with Crippen molar-refractivity contribution in [1.82, 2.24) is 0 Å². The number of para-hydroxylation sites is 2.